The van der Waals surface area contributed by atoms with Gasteiger partial charge in [0.15, 0.2) is 5.96 Å². The van der Waals surface area contributed by atoms with Crippen LogP contribution in [0.25, 0.3) is 10.9 Å². The second-order valence-corrected chi connectivity index (χ2v) is 6.73. The molecule has 3 N–H and O–H groups in total. The average molecular weight is 350 g/mol. The maximum absolute atomic E-state index is 13.5. The van der Waals surface area contributed by atoms with Crippen LogP contribution in [0.3, 0.4) is 0 Å². The summed E-state index contributed by atoms with van der Waals surface area (Å²) in [6, 6.07) is 13.4. The summed E-state index contributed by atoms with van der Waals surface area (Å²) in [6.45, 7) is 1.62. The van der Waals surface area contributed by atoms with E-state index in [1.807, 2.05) is 6.20 Å². The molecule has 134 valence electrons. The second-order valence-electron chi connectivity index (χ2n) is 6.73. The molecule has 2 aromatic carbocycles. The molecule has 1 aromatic heterocycles. The Morgan fingerprint density at radius 2 is 2.12 bits per heavy atom. The van der Waals surface area contributed by atoms with Crippen molar-refractivity contribution in [2.45, 2.75) is 18.8 Å². The number of hydrogen-bond donors (Lipinski definition) is 3. The lowest BCUT2D eigenvalue weighted by molar-refractivity contribution is 0.584. The molecule has 3 aromatic rings. The zero-order chi connectivity index (χ0) is 17.9. The number of rotatable bonds is 5. The van der Waals surface area contributed by atoms with Crippen LogP contribution in [0.1, 0.15) is 22.6 Å². The van der Waals surface area contributed by atoms with Crippen molar-refractivity contribution in [3.8, 4) is 0 Å². The molecule has 0 fully saturated rings. The van der Waals surface area contributed by atoms with Crippen LogP contribution in [0.15, 0.2) is 53.7 Å². The molecule has 1 aliphatic rings. The molecule has 1 aliphatic carbocycles. The number of aromatic amines is 1. The summed E-state index contributed by atoms with van der Waals surface area (Å²) >= 11 is 0. The third-order valence-corrected chi connectivity index (χ3v) is 5.12. The first-order chi connectivity index (χ1) is 12.7. The molecular formula is C21H23FN4. The molecule has 0 saturated carbocycles. The number of aliphatic imine (C=N–C) groups is 1. The molecule has 0 spiro atoms. The van der Waals surface area contributed by atoms with E-state index in [-0.39, 0.29) is 5.82 Å². The molecule has 0 saturated heterocycles. The predicted molar refractivity (Wildman–Crippen MR) is 104 cm³/mol. The Hall–Kier alpha value is -2.82. The highest BCUT2D eigenvalue weighted by Gasteiger charge is 2.25. The molecule has 4 rings (SSSR count). The monoisotopic (exact) mass is 350 g/mol. The van der Waals surface area contributed by atoms with Gasteiger partial charge < -0.3 is 15.6 Å². The number of nitrogens with zero attached hydrogens (tertiary/aromatic N) is 1. The summed E-state index contributed by atoms with van der Waals surface area (Å²) in [5, 5.41) is 7.70. The van der Waals surface area contributed by atoms with Crippen LogP contribution in [-0.2, 0) is 12.8 Å². The molecule has 0 radical (unpaired) electrons. The second kappa shape index (κ2) is 7.20. The zero-order valence-electron chi connectivity index (χ0n) is 14.8. The van der Waals surface area contributed by atoms with E-state index in [0.29, 0.717) is 5.92 Å². The van der Waals surface area contributed by atoms with Crippen LogP contribution >= 0.6 is 0 Å². The first kappa shape index (κ1) is 16.6. The topological polar surface area (TPSA) is 52.2 Å². The van der Waals surface area contributed by atoms with Gasteiger partial charge in [-0.1, -0.05) is 24.3 Å². The van der Waals surface area contributed by atoms with Crippen molar-refractivity contribution in [1.29, 1.82) is 0 Å². The third kappa shape index (κ3) is 3.29. The van der Waals surface area contributed by atoms with Crippen LogP contribution < -0.4 is 10.6 Å². The highest BCUT2D eigenvalue weighted by atomic mass is 19.1. The summed E-state index contributed by atoms with van der Waals surface area (Å²) in [5.41, 5.74) is 4.97. The van der Waals surface area contributed by atoms with Crippen molar-refractivity contribution in [1.82, 2.24) is 15.6 Å². The highest BCUT2D eigenvalue weighted by Crippen LogP contribution is 2.33. The summed E-state index contributed by atoms with van der Waals surface area (Å²) in [5.74, 6) is 1.16. The lowest BCUT2D eigenvalue weighted by Crippen LogP contribution is -2.41. The SMILES string of the molecule is CN=C(NCCc1c[nH]c2ccc(F)cc12)NCC1Cc2ccccc21. The molecule has 1 heterocycles. The van der Waals surface area contributed by atoms with Gasteiger partial charge >= 0.3 is 0 Å². The van der Waals surface area contributed by atoms with E-state index in [1.165, 1.54) is 17.2 Å². The maximum atomic E-state index is 13.5. The van der Waals surface area contributed by atoms with Crippen molar-refractivity contribution < 1.29 is 4.39 Å². The van der Waals surface area contributed by atoms with Gasteiger partial charge in [0.05, 0.1) is 0 Å². The smallest absolute Gasteiger partial charge is 0.191 e. The number of aromatic nitrogens is 1. The van der Waals surface area contributed by atoms with Gasteiger partial charge in [-0.05, 0) is 47.7 Å². The Balaban J connectivity index is 1.29. The first-order valence-electron chi connectivity index (χ1n) is 9.02. The van der Waals surface area contributed by atoms with Crippen LogP contribution in [0.4, 0.5) is 4.39 Å². The van der Waals surface area contributed by atoms with E-state index < -0.39 is 0 Å². The lowest BCUT2D eigenvalue weighted by atomic mass is 9.78. The minimum atomic E-state index is -0.204. The maximum Gasteiger partial charge on any atom is 0.191 e. The Bertz CT molecular complexity index is 944. The van der Waals surface area contributed by atoms with Gasteiger partial charge in [-0.3, -0.25) is 4.99 Å². The van der Waals surface area contributed by atoms with Gasteiger partial charge in [-0.15, -0.1) is 0 Å². The van der Waals surface area contributed by atoms with E-state index in [0.717, 1.165) is 48.4 Å². The molecule has 0 aliphatic heterocycles. The van der Waals surface area contributed by atoms with Crippen molar-refractivity contribution in [3.63, 3.8) is 0 Å². The van der Waals surface area contributed by atoms with Gasteiger partial charge in [0.1, 0.15) is 5.82 Å². The normalized spacial score (nSPS) is 16.2. The molecule has 4 nitrogen and oxygen atoms in total. The zero-order valence-corrected chi connectivity index (χ0v) is 14.8. The van der Waals surface area contributed by atoms with Crippen LogP contribution in [0.2, 0.25) is 0 Å². The summed E-state index contributed by atoms with van der Waals surface area (Å²) in [6.07, 6.45) is 3.88. The Morgan fingerprint density at radius 1 is 1.23 bits per heavy atom. The number of hydrogen-bond acceptors (Lipinski definition) is 1. The number of benzene rings is 2. The number of guanidine groups is 1. The fourth-order valence-corrected chi connectivity index (χ4v) is 3.66. The van der Waals surface area contributed by atoms with E-state index in [9.17, 15) is 4.39 Å². The summed E-state index contributed by atoms with van der Waals surface area (Å²) < 4.78 is 13.5. The average Bonchev–Trinajstić information content (AvgIpc) is 3.03. The molecule has 1 atom stereocenters. The van der Waals surface area contributed by atoms with Gasteiger partial charge in [0.25, 0.3) is 0 Å². The molecule has 0 bridgehead atoms. The van der Waals surface area contributed by atoms with Gasteiger partial charge in [0, 0.05) is 43.2 Å². The molecule has 26 heavy (non-hydrogen) atoms. The van der Waals surface area contributed by atoms with E-state index in [2.05, 4.69) is 44.9 Å². The third-order valence-electron chi connectivity index (χ3n) is 5.12. The largest absolute Gasteiger partial charge is 0.361 e. The van der Waals surface area contributed by atoms with E-state index >= 15 is 0 Å². The first-order valence-corrected chi connectivity index (χ1v) is 9.02. The fourth-order valence-electron chi connectivity index (χ4n) is 3.66. The van der Waals surface area contributed by atoms with Crippen molar-refractivity contribution in [3.05, 3.63) is 71.2 Å². The number of nitrogens with one attached hydrogen (secondary N) is 3. The number of fused-ring (bicyclic) bond motifs is 2. The Morgan fingerprint density at radius 3 is 2.96 bits per heavy atom. The van der Waals surface area contributed by atoms with Crippen LogP contribution in [0, 0.1) is 5.82 Å². The Labute approximate surface area is 152 Å². The number of H-pyrrole nitrogens is 1. The van der Waals surface area contributed by atoms with Gasteiger partial charge in [-0.2, -0.15) is 0 Å². The molecular weight excluding hydrogens is 327 g/mol. The standard InChI is InChI=1S/C21H23FN4/c1-23-21(26-13-16-10-14-4-2-3-5-18(14)16)24-9-8-15-12-25-20-7-6-17(22)11-19(15)20/h2-7,11-12,16,25H,8-10,13H2,1H3,(H2,23,24,26). The summed E-state index contributed by atoms with van der Waals surface area (Å²) in [7, 11) is 1.78. The molecule has 0 amide bonds. The van der Waals surface area contributed by atoms with Gasteiger partial charge in [-0.25, -0.2) is 4.39 Å². The van der Waals surface area contributed by atoms with E-state index in [4.69, 9.17) is 0 Å². The molecule has 1 unspecified atom stereocenters. The predicted octanol–water partition coefficient (Wildman–Crippen LogP) is 3.35. The lowest BCUT2D eigenvalue weighted by Gasteiger charge is -2.30. The minimum Gasteiger partial charge on any atom is -0.361 e. The van der Waals surface area contributed by atoms with Gasteiger partial charge in [0.2, 0.25) is 0 Å². The highest BCUT2D eigenvalue weighted by molar-refractivity contribution is 5.83. The Kier molecular flexibility index (Phi) is 4.61. The van der Waals surface area contributed by atoms with Crippen molar-refractivity contribution >= 4 is 16.9 Å². The van der Waals surface area contributed by atoms with Crippen molar-refractivity contribution in [2.75, 3.05) is 20.1 Å². The summed E-state index contributed by atoms with van der Waals surface area (Å²) in [4.78, 5) is 7.49. The number of halogens is 1. The van der Waals surface area contributed by atoms with Crippen LogP contribution in [-0.4, -0.2) is 31.1 Å². The fraction of sp³-hybridized carbons (Fsp3) is 0.286. The quantitative estimate of drug-likeness (QED) is 0.488. The van der Waals surface area contributed by atoms with Crippen molar-refractivity contribution in [2.24, 2.45) is 4.99 Å². The van der Waals surface area contributed by atoms with Crippen LogP contribution in [0.5, 0.6) is 0 Å². The molecule has 5 heteroatoms. The van der Waals surface area contributed by atoms with E-state index in [1.54, 1.807) is 19.2 Å². The minimum absolute atomic E-state index is 0.204.